The third-order valence-corrected chi connectivity index (χ3v) is 6.50. The fourth-order valence-electron chi connectivity index (χ4n) is 4.69. The van der Waals surface area contributed by atoms with Gasteiger partial charge in [-0.05, 0) is 60.4 Å². The standard InChI is InChI=1S/C28H27F3N4O4/c29-28(30,31)17-39-23-13-20(15-32-16-23)25(14-26(36)37)35-10-7-19-12-22(5-6-24(19)35)38-11-8-21-4-3-18-2-1-9-33-27(18)34-21/h3-7,10,12-13,15-16,25H,1-2,8-9,11,14,17H2,(H,33,34)(H,36,37). The fourth-order valence-corrected chi connectivity index (χ4v) is 4.69. The first-order valence-electron chi connectivity index (χ1n) is 12.6. The highest BCUT2D eigenvalue weighted by atomic mass is 19.4. The van der Waals surface area contributed by atoms with Crippen molar-refractivity contribution < 1.29 is 32.5 Å². The van der Waals surface area contributed by atoms with Crippen LogP contribution in [0.4, 0.5) is 19.0 Å². The minimum Gasteiger partial charge on any atom is -0.493 e. The van der Waals surface area contributed by atoms with Crippen LogP contribution in [-0.4, -0.2) is 51.5 Å². The van der Waals surface area contributed by atoms with E-state index in [1.807, 2.05) is 24.3 Å². The molecule has 0 spiro atoms. The molecule has 0 aliphatic carbocycles. The van der Waals surface area contributed by atoms with Gasteiger partial charge in [0.05, 0.1) is 25.3 Å². The van der Waals surface area contributed by atoms with E-state index in [1.165, 1.54) is 24.0 Å². The lowest BCUT2D eigenvalue weighted by molar-refractivity contribution is -0.153. The molecule has 11 heteroatoms. The average Bonchev–Trinajstić information content (AvgIpc) is 3.33. The molecule has 1 aliphatic rings. The van der Waals surface area contributed by atoms with Crippen LogP contribution in [0.25, 0.3) is 10.9 Å². The minimum absolute atomic E-state index is 0.0865. The molecule has 0 radical (unpaired) electrons. The van der Waals surface area contributed by atoms with Crippen LogP contribution in [0.2, 0.25) is 0 Å². The Balaban J connectivity index is 1.30. The van der Waals surface area contributed by atoms with E-state index >= 15 is 0 Å². The van der Waals surface area contributed by atoms with Crippen LogP contribution in [-0.2, 0) is 17.6 Å². The molecule has 2 N–H and O–H groups in total. The van der Waals surface area contributed by atoms with Crippen LogP contribution in [0, 0.1) is 0 Å². The normalized spacial score (nSPS) is 13.9. The zero-order valence-electron chi connectivity index (χ0n) is 20.9. The highest BCUT2D eigenvalue weighted by Crippen LogP contribution is 2.31. The summed E-state index contributed by atoms with van der Waals surface area (Å²) in [6.45, 7) is -0.0901. The Kier molecular flexibility index (Phi) is 7.58. The number of aliphatic carboxylic acids is 1. The Bertz CT molecular complexity index is 1470. The summed E-state index contributed by atoms with van der Waals surface area (Å²) in [5.74, 6) is 0.464. The average molecular weight is 541 g/mol. The van der Waals surface area contributed by atoms with E-state index in [0.29, 0.717) is 24.3 Å². The van der Waals surface area contributed by atoms with Gasteiger partial charge in [-0.2, -0.15) is 13.2 Å². The Morgan fingerprint density at radius 2 is 1.97 bits per heavy atom. The number of carbonyl (C=O) groups is 1. The molecule has 1 aliphatic heterocycles. The van der Waals surface area contributed by atoms with Gasteiger partial charge in [-0.25, -0.2) is 4.98 Å². The lowest BCUT2D eigenvalue weighted by Crippen LogP contribution is -2.19. The fraction of sp³-hybridized carbons (Fsp3) is 0.321. The van der Waals surface area contributed by atoms with Gasteiger partial charge in [-0.15, -0.1) is 0 Å². The van der Waals surface area contributed by atoms with Gasteiger partial charge < -0.3 is 24.5 Å². The number of nitrogens with one attached hydrogen (secondary N) is 1. The summed E-state index contributed by atoms with van der Waals surface area (Å²) in [6, 6.07) is 12.2. The van der Waals surface area contributed by atoms with Gasteiger partial charge >= 0.3 is 12.1 Å². The summed E-state index contributed by atoms with van der Waals surface area (Å²) in [5, 5.41) is 13.7. The molecule has 0 saturated heterocycles. The Labute approximate surface area is 222 Å². The maximum atomic E-state index is 12.6. The summed E-state index contributed by atoms with van der Waals surface area (Å²) in [6.07, 6.45) is 2.34. The number of aryl methyl sites for hydroxylation is 1. The first kappa shape index (κ1) is 26.3. The molecule has 204 valence electrons. The molecule has 0 amide bonds. The highest BCUT2D eigenvalue weighted by molar-refractivity contribution is 5.82. The molecule has 8 nitrogen and oxygen atoms in total. The van der Waals surface area contributed by atoms with E-state index < -0.39 is 24.8 Å². The van der Waals surface area contributed by atoms with Crippen molar-refractivity contribution in [2.24, 2.45) is 0 Å². The van der Waals surface area contributed by atoms with E-state index in [9.17, 15) is 23.1 Å². The zero-order valence-corrected chi connectivity index (χ0v) is 20.9. The predicted molar refractivity (Wildman–Crippen MR) is 138 cm³/mol. The van der Waals surface area contributed by atoms with Gasteiger partial charge in [0.25, 0.3) is 0 Å². The number of fused-ring (bicyclic) bond motifs is 2. The number of carboxylic acids is 1. The molecule has 4 heterocycles. The second-order valence-corrected chi connectivity index (χ2v) is 9.35. The van der Waals surface area contributed by atoms with Crippen LogP contribution >= 0.6 is 0 Å². The summed E-state index contributed by atoms with van der Waals surface area (Å²) >= 11 is 0. The van der Waals surface area contributed by atoms with Crippen LogP contribution < -0.4 is 14.8 Å². The van der Waals surface area contributed by atoms with Crippen molar-refractivity contribution in [2.45, 2.75) is 37.9 Å². The molecule has 0 bridgehead atoms. The minimum atomic E-state index is -4.50. The number of anilines is 1. The first-order chi connectivity index (χ1) is 18.7. The molecular weight excluding hydrogens is 513 g/mol. The maximum Gasteiger partial charge on any atom is 0.422 e. The number of benzene rings is 1. The molecular formula is C28H27F3N4O4. The second kappa shape index (κ2) is 11.2. The van der Waals surface area contributed by atoms with Crippen molar-refractivity contribution in [2.75, 3.05) is 25.1 Å². The van der Waals surface area contributed by atoms with Gasteiger partial charge in [0, 0.05) is 42.0 Å². The number of hydrogen-bond donors (Lipinski definition) is 2. The summed E-state index contributed by atoms with van der Waals surface area (Å²) in [7, 11) is 0. The smallest absolute Gasteiger partial charge is 0.422 e. The molecule has 0 fully saturated rings. The lowest BCUT2D eigenvalue weighted by atomic mass is 10.1. The topological polar surface area (TPSA) is 98.5 Å². The van der Waals surface area contributed by atoms with E-state index in [4.69, 9.17) is 9.47 Å². The van der Waals surface area contributed by atoms with Crippen LogP contribution in [0.5, 0.6) is 11.5 Å². The lowest BCUT2D eigenvalue weighted by Gasteiger charge is -2.20. The molecule has 3 aromatic heterocycles. The molecule has 1 aromatic carbocycles. The summed E-state index contributed by atoms with van der Waals surface area (Å²) in [5.41, 5.74) is 3.35. The molecule has 1 atom stereocenters. The predicted octanol–water partition coefficient (Wildman–Crippen LogP) is 5.42. The zero-order chi connectivity index (χ0) is 27.4. The SMILES string of the molecule is O=C(O)CC(c1cncc(OCC(F)(F)F)c1)n1ccc2cc(OCCc3ccc4c(n3)NCCC4)ccc21. The monoisotopic (exact) mass is 540 g/mol. The van der Waals surface area contributed by atoms with Crippen molar-refractivity contribution in [3.63, 3.8) is 0 Å². The Hall–Kier alpha value is -4.28. The largest absolute Gasteiger partial charge is 0.493 e. The van der Waals surface area contributed by atoms with Gasteiger partial charge in [-0.3, -0.25) is 9.78 Å². The van der Waals surface area contributed by atoms with E-state index in [1.54, 1.807) is 16.8 Å². The van der Waals surface area contributed by atoms with E-state index in [0.717, 1.165) is 41.8 Å². The molecule has 4 aromatic rings. The van der Waals surface area contributed by atoms with Gasteiger partial charge in [0.2, 0.25) is 0 Å². The van der Waals surface area contributed by atoms with Gasteiger partial charge in [0.1, 0.15) is 17.3 Å². The highest BCUT2D eigenvalue weighted by Gasteiger charge is 2.29. The first-order valence-corrected chi connectivity index (χ1v) is 12.6. The third-order valence-electron chi connectivity index (χ3n) is 6.50. The van der Waals surface area contributed by atoms with Crippen molar-refractivity contribution >= 4 is 22.7 Å². The van der Waals surface area contributed by atoms with Crippen LogP contribution in [0.15, 0.2) is 61.1 Å². The van der Waals surface area contributed by atoms with E-state index in [2.05, 4.69) is 21.4 Å². The number of hydrogen-bond acceptors (Lipinski definition) is 6. The molecule has 0 saturated carbocycles. The van der Waals surface area contributed by atoms with Crippen LogP contribution in [0.3, 0.4) is 0 Å². The quantitative estimate of drug-likeness (QED) is 0.277. The maximum absolute atomic E-state index is 12.6. The number of nitrogens with zero attached hydrogens (tertiary/aromatic N) is 3. The van der Waals surface area contributed by atoms with Crippen molar-refractivity contribution in [1.82, 2.24) is 14.5 Å². The van der Waals surface area contributed by atoms with Crippen molar-refractivity contribution in [3.8, 4) is 11.5 Å². The number of ether oxygens (including phenoxy) is 2. The molecule has 5 rings (SSSR count). The number of carboxylic acid groups (broad SMARTS) is 1. The summed E-state index contributed by atoms with van der Waals surface area (Å²) in [4.78, 5) is 20.3. The number of halogens is 3. The molecule has 39 heavy (non-hydrogen) atoms. The Morgan fingerprint density at radius 1 is 1.10 bits per heavy atom. The third kappa shape index (κ3) is 6.60. The molecule has 1 unspecified atom stereocenters. The van der Waals surface area contributed by atoms with Gasteiger partial charge in [0.15, 0.2) is 6.61 Å². The summed E-state index contributed by atoms with van der Waals surface area (Å²) < 4.78 is 50.3. The number of rotatable bonds is 10. The number of aromatic nitrogens is 3. The van der Waals surface area contributed by atoms with E-state index in [-0.39, 0.29) is 12.2 Å². The van der Waals surface area contributed by atoms with Crippen molar-refractivity contribution in [3.05, 3.63) is 77.9 Å². The van der Waals surface area contributed by atoms with Gasteiger partial charge in [-0.1, -0.05) is 6.07 Å². The number of alkyl halides is 3. The Morgan fingerprint density at radius 3 is 2.79 bits per heavy atom. The number of pyridine rings is 2. The van der Waals surface area contributed by atoms with Crippen LogP contribution in [0.1, 0.15) is 35.7 Å². The second-order valence-electron chi connectivity index (χ2n) is 9.35. The van der Waals surface area contributed by atoms with Crippen molar-refractivity contribution in [1.29, 1.82) is 0 Å².